The minimum absolute atomic E-state index is 0.194. The molecule has 2 aromatic heterocycles. The highest BCUT2D eigenvalue weighted by Crippen LogP contribution is 2.20. The summed E-state index contributed by atoms with van der Waals surface area (Å²) in [6, 6.07) is 10.4. The Kier molecular flexibility index (Phi) is 6.90. The predicted molar refractivity (Wildman–Crippen MR) is 124 cm³/mol. The van der Waals surface area contributed by atoms with Crippen LogP contribution in [0.1, 0.15) is 35.0 Å². The summed E-state index contributed by atoms with van der Waals surface area (Å²) in [7, 11) is 0. The molecule has 0 aliphatic carbocycles. The molecule has 0 bridgehead atoms. The fourth-order valence-electron chi connectivity index (χ4n) is 3.93. The van der Waals surface area contributed by atoms with Crippen LogP contribution in [0.25, 0.3) is 10.9 Å². The van der Waals surface area contributed by atoms with Crippen molar-refractivity contribution in [2.24, 2.45) is 5.92 Å². The monoisotopic (exact) mass is 453 g/mol. The molecule has 3 heterocycles. The first-order valence-electron chi connectivity index (χ1n) is 10.8. The van der Waals surface area contributed by atoms with Crippen LogP contribution in [0.2, 0.25) is 0 Å². The van der Waals surface area contributed by atoms with Crippen molar-refractivity contribution in [1.82, 2.24) is 15.2 Å². The number of amides is 2. The maximum atomic E-state index is 12.9. The number of ether oxygens (including phenoxy) is 1. The largest absolute Gasteiger partial charge is 0.454 e. The lowest BCUT2D eigenvalue weighted by molar-refractivity contribution is -0.154. The van der Waals surface area contributed by atoms with Crippen LogP contribution in [0.15, 0.2) is 48.0 Å². The second kappa shape index (κ2) is 9.99. The maximum absolute atomic E-state index is 12.9. The molecule has 8 heteroatoms. The summed E-state index contributed by atoms with van der Waals surface area (Å²) in [5.74, 6) is -0.535. The van der Waals surface area contributed by atoms with E-state index in [1.807, 2.05) is 30.5 Å². The summed E-state index contributed by atoms with van der Waals surface area (Å²) < 4.78 is 5.37. The first-order valence-corrected chi connectivity index (χ1v) is 11.7. The van der Waals surface area contributed by atoms with Crippen molar-refractivity contribution in [1.29, 1.82) is 0 Å². The fraction of sp³-hybridized carbons (Fsp3) is 0.375. The highest BCUT2D eigenvalue weighted by atomic mass is 32.1. The topological polar surface area (TPSA) is 91.5 Å². The van der Waals surface area contributed by atoms with Crippen molar-refractivity contribution >= 4 is 40.0 Å². The maximum Gasteiger partial charge on any atom is 0.329 e. The summed E-state index contributed by atoms with van der Waals surface area (Å²) in [5, 5.41) is 5.58. The Labute approximate surface area is 190 Å². The second-order valence-corrected chi connectivity index (χ2v) is 9.19. The minimum atomic E-state index is -0.905. The third kappa shape index (κ3) is 5.19. The highest BCUT2D eigenvalue weighted by Gasteiger charge is 2.27. The van der Waals surface area contributed by atoms with Crippen LogP contribution in [-0.2, 0) is 20.7 Å². The van der Waals surface area contributed by atoms with Gasteiger partial charge in [0.2, 0.25) is 0 Å². The second-order valence-electron chi connectivity index (χ2n) is 8.24. The minimum Gasteiger partial charge on any atom is -0.454 e. The standard InChI is InChI=1S/C24H27N3O4S/c1-16-8-10-27(11-9-16)22(28)15-31-24(30)20(26-23(29)21-7-4-12-32-21)13-17-14-25-19-6-3-2-5-18(17)19/h2-7,12,14,16,20,25H,8-11,13,15H2,1H3,(H,26,29)/t20-/m0/s1. The summed E-state index contributed by atoms with van der Waals surface area (Å²) >= 11 is 1.30. The first-order chi connectivity index (χ1) is 15.5. The number of aromatic amines is 1. The van der Waals surface area contributed by atoms with Crippen molar-refractivity contribution in [3.05, 3.63) is 58.4 Å². The van der Waals surface area contributed by atoms with E-state index in [4.69, 9.17) is 4.74 Å². The number of benzene rings is 1. The zero-order valence-electron chi connectivity index (χ0n) is 18.0. The molecule has 0 radical (unpaired) electrons. The van der Waals surface area contributed by atoms with Crippen LogP contribution in [0, 0.1) is 5.92 Å². The molecule has 0 saturated carbocycles. The Morgan fingerprint density at radius 3 is 2.72 bits per heavy atom. The number of H-pyrrole nitrogens is 1. The summed E-state index contributed by atoms with van der Waals surface area (Å²) in [4.78, 5) is 43.5. The lowest BCUT2D eigenvalue weighted by Crippen LogP contribution is -2.45. The fourth-order valence-corrected chi connectivity index (χ4v) is 4.56. The van der Waals surface area contributed by atoms with E-state index in [0.717, 1.165) is 29.3 Å². The van der Waals surface area contributed by atoms with Gasteiger partial charge in [-0.15, -0.1) is 11.3 Å². The molecular weight excluding hydrogens is 426 g/mol. The molecule has 2 amide bonds. The van der Waals surface area contributed by atoms with E-state index in [0.29, 0.717) is 23.9 Å². The van der Waals surface area contributed by atoms with Gasteiger partial charge < -0.3 is 19.9 Å². The van der Waals surface area contributed by atoms with Crippen molar-refractivity contribution in [3.8, 4) is 0 Å². The molecule has 1 saturated heterocycles. The van der Waals surface area contributed by atoms with Crippen LogP contribution in [-0.4, -0.2) is 53.4 Å². The van der Waals surface area contributed by atoms with Crippen LogP contribution in [0.3, 0.4) is 0 Å². The molecule has 3 aromatic rings. The zero-order valence-corrected chi connectivity index (χ0v) is 18.8. The normalized spacial score (nSPS) is 15.5. The molecule has 1 aromatic carbocycles. The van der Waals surface area contributed by atoms with Gasteiger partial charge in [-0.1, -0.05) is 31.2 Å². The SMILES string of the molecule is CC1CCN(C(=O)COC(=O)[C@H](Cc2c[nH]c3ccccc23)NC(=O)c2cccs2)CC1. The number of carbonyl (C=O) groups is 3. The number of hydrogen-bond acceptors (Lipinski definition) is 5. The summed E-state index contributed by atoms with van der Waals surface area (Å²) in [6.45, 7) is 3.23. The lowest BCUT2D eigenvalue weighted by Gasteiger charge is -2.30. The van der Waals surface area contributed by atoms with E-state index in [-0.39, 0.29) is 24.8 Å². The molecule has 1 atom stereocenters. The van der Waals surface area contributed by atoms with Crippen molar-refractivity contribution in [2.75, 3.05) is 19.7 Å². The molecule has 1 aliphatic rings. The number of aromatic nitrogens is 1. The van der Waals surface area contributed by atoms with Gasteiger partial charge in [0.15, 0.2) is 6.61 Å². The highest BCUT2D eigenvalue weighted by molar-refractivity contribution is 7.12. The molecule has 0 spiro atoms. The van der Waals surface area contributed by atoms with Crippen LogP contribution in [0.4, 0.5) is 0 Å². The van der Waals surface area contributed by atoms with E-state index in [1.54, 1.807) is 22.4 Å². The smallest absolute Gasteiger partial charge is 0.329 e. The van der Waals surface area contributed by atoms with E-state index in [1.165, 1.54) is 11.3 Å². The Morgan fingerprint density at radius 2 is 1.97 bits per heavy atom. The average Bonchev–Trinajstić information content (AvgIpc) is 3.48. The summed E-state index contributed by atoms with van der Waals surface area (Å²) in [5.41, 5.74) is 1.85. The molecule has 1 aliphatic heterocycles. The number of fused-ring (bicyclic) bond motifs is 1. The number of likely N-dealkylation sites (tertiary alicyclic amines) is 1. The molecular formula is C24H27N3O4S. The average molecular weight is 454 g/mol. The van der Waals surface area contributed by atoms with Crippen LogP contribution in [0.5, 0.6) is 0 Å². The van der Waals surface area contributed by atoms with Gasteiger partial charge in [0.25, 0.3) is 11.8 Å². The number of esters is 1. The number of nitrogens with zero attached hydrogens (tertiary/aromatic N) is 1. The molecule has 2 N–H and O–H groups in total. The Hall–Kier alpha value is -3.13. The van der Waals surface area contributed by atoms with Gasteiger partial charge in [0.1, 0.15) is 6.04 Å². The molecule has 7 nitrogen and oxygen atoms in total. The van der Waals surface area contributed by atoms with E-state index < -0.39 is 12.0 Å². The predicted octanol–water partition coefficient (Wildman–Crippen LogP) is 3.37. The van der Waals surface area contributed by atoms with Gasteiger partial charge in [-0.05, 0) is 41.8 Å². The van der Waals surface area contributed by atoms with Gasteiger partial charge in [-0.2, -0.15) is 0 Å². The number of nitrogens with one attached hydrogen (secondary N) is 2. The number of para-hydroxylation sites is 1. The van der Waals surface area contributed by atoms with Crippen molar-refractivity contribution in [2.45, 2.75) is 32.2 Å². The number of piperidine rings is 1. The molecule has 32 heavy (non-hydrogen) atoms. The third-order valence-electron chi connectivity index (χ3n) is 5.91. The lowest BCUT2D eigenvalue weighted by atomic mass is 9.99. The van der Waals surface area contributed by atoms with E-state index in [9.17, 15) is 14.4 Å². The van der Waals surface area contributed by atoms with Crippen LogP contribution >= 0.6 is 11.3 Å². The first kappa shape index (κ1) is 22.1. The molecule has 0 unspecified atom stereocenters. The zero-order chi connectivity index (χ0) is 22.5. The quantitative estimate of drug-likeness (QED) is 0.537. The number of carbonyl (C=O) groups excluding carboxylic acids is 3. The number of thiophene rings is 1. The van der Waals surface area contributed by atoms with E-state index >= 15 is 0 Å². The van der Waals surface area contributed by atoms with Crippen LogP contribution < -0.4 is 5.32 Å². The van der Waals surface area contributed by atoms with Crippen molar-refractivity contribution < 1.29 is 19.1 Å². The van der Waals surface area contributed by atoms with Gasteiger partial charge in [-0.25, -0.2) is 4.79 Å². The third-order valence-corrected chi connectivity index (χ3v) is 6.78. The van der Waals surface area contributed by atoms with Gasteiger partial charge in [-0.3, -0.25) is 9.59 Å². The molecule has 4 rings (SSSR count). The number of hydrogen-bond donors (Lipinski definition) is 2. The van der Waals surface area contributed by atoms with Gasteiger partial charge >= 0.3 is 5.97 Å². The Balaban J connectivity index is 1.44. The Morgan fingerprint density at radius 1 is 1.19 bits per heavy atom. The van der Waals surface area contributed by atoms with E-state index in [2.05, 4.69) is 17.2 Å². The van der Waals surface area contributed by atoms with Gasteiger partial charge in [0.05, 0.1) is 4.88 Å². The summed E-state index contributed by atoms with van der Waals surface area (Å²) in [6.07, 6.45) is 4.01. The molecule has 168 valence electrons. The Bertz CT molecular complexity index is 1080. The van der Waals surface area contributed by atoms with Gasteiger partial charge in [0, 0.05) is 36.6 Å². The molecule has 1 fully saturated rings. The number of rotatable bonds is 7. The van der Waals surface area contributed by atoms with Crippen molar-refractivity contribution in [3.63, 3.8) is 0 Å².